The molecule has 26 heavy (non-hydrogen) atoms. The number of aromatic nitrogens is 1. The molecule has 132 valence electrons. The number of ether oxygens (including phenoxy) is 1. The number of benzene rings is 2. The van der Waals surface area contributed by atoms with Gasteiger partial charge in [-0.25, -0.2) is 4.39 Å². The summed E-state index contributed by atoms with van der Waals surface area (Å²) < 4.78 is 18.4. The van der Waals surface area contributed by atoms with Crippen molar-refractivity contribution in [2.75, 3.05) is 0 Å². The minimum atomic E-state index is -0.851. The summed E-state index contributed by atoms with van der Waals surface area (Å²) in [7, 11) is 0. The van der Waals surface area contributed by atoms with Crippen molar-refractivity contribution in [1.82, 2.24) is 4.98 Å². The fourth-order valence-corrected chi connectivity index (χ4v) is 3.34. The Bertz CT molecular complexity index is 976. The van der Waals surface area contributed by atoms with Gasteiger partial charge in [0.1, 0.15) is 5.82 Å². The van der Waals surface area contributed by atoms with Gasteiger partial charge in [0.2, 0.25) is 5.78 Å². The van der Waals surface area contributed by atoms with Gasteiger partial charge < -0.3 is 9.72 Å². The number of para-hydroxylation sites is 1. The first kappa shape index (κ1) is 16.5. The Morgan fingerprint density at radius 3 is 2.65 bits per heavy atom. The number of ketones is 1. The van der Waals surface area contributed by atoms with E-state index < -0.39 is 6.10 Å². The molecule has 0 radical (unpaired) electrons. The van der Waals surface area contributed by atoms with Crippen molar-refractivity contribution in [1.29, 1.82) is 0 Å². The summed E-state index contributed by atoms with van der Waals surface area (Å²) in [5, 5.41) is 0.816. The van der Waals surface area contributed by atoms with E-state index in [0.717, 1.165) is 16.5 Å². The highest BCUT2D eigenvalue weighted by molar-refractivity contribution is 6.10. The van der Waals surface area contributed by atoms with Crippen molar-refractivity contribution in [3.05, 3.63) is 71.7 Å². The maximum Gasteiger partial charge on any atom is 0.310 e. The molecule has 3 atom stereocenters. The highest BCUT2D eigenvalue weighted by Crippen LogP contribution is 2.48. The molecule has 3 aromatic rings. The number of carbonyl (C=O) groups excluding carboxylic acids is 2. The van der Waals surface area contributed by atoms with E-state index in [1.807, 2.05) is 24.3 Å². The van der Waals surface area contributed by atoms with Crippen molar-refractivity contribution in [2.45, 2.75) is 25.4 Å². The van der Waals surface area contributed by atoms with E-state index >= 15 is 0 Å². The largest absolute Gasteiger partial charge is 0.454 e. The summed E-state index contributed by atoms with van der Waals surface area (Å²) >= 11 is 0. The topological polar surface area (TPSA) is 59.2 Å². The predicted molar refractivity (Wildman–Crippen MR) is 95.4 cm³/mol. The van der Waals surface area contributed by atoms with Crippen molar-refractivity contribution >= 4 is 22.7 Å². The first-order valence-corrected chi connectivity index (χ1v) is 8.61. The summed E-state index contributed by atoms with van der Waals surface area (Å²) in [6.07, 6.45) is 1.46. The highest BCUT2D eigenvalue weighted by atomic mass is 19.1. The lowest BCUT2D eigenvalue weighted by Gasteiger charge is -2.12. The molecule has 1 aliphatic carbocycles. The van der Waals surface area contributed by atoms with Crippen LogP contribution in [0.15, 0.2) is 54.7 Å². The van der Waals surface area contributed by atoms with Crippen LogP contribution in [0.1, 0.15) is 35.2 Å². The fraction of sp³-hybridized carbons (Fsp3) is 0.238. The van der Waals surface area contributed by atoms with Crippen LogP contribution in [0.2, 0.25) is 0 Å². The molecule has 0 amide bonds. The number of nitrogens with one attached hydrogen (secondary N) is 1. The molecule has 4 rings (SSSR count). The van der Waals surface area contributed by atoms with Crippen LogP contribution in [0.5, 0.6) is 0 Å². The molecule has 0 spiro atoms. The average molecular weight is 351 g/mol. The molecule has 3 unspecified atom stereocenters. The minimum absolute atomic E-state index is 0.0403. The van der Waals surface area contributed by atoms with E-state index in [2.05, 4.69) is 4.98 Å². The molecule has 1 saturated carbocycles. The number of fused-ring (bicyclic) bond motifs is 1. The standard InChI is InChI=1S/C21H18FNO3/c1-12(20(24)18-11-23-19-5-3-2-4-15(18)19)26-21(25)17-10-16(17)13-6-8-14(22)9-7-13/h2-9,11-12,16-17,23H,10H2,1H3. The normalized spacial score (nSPS) is 19.9. The van der Waals surface area contributed by atoms with Gasteiger partial charge in [-0.3, -0.25) is 9.59 Å². The van der Waals surface area contributed by atoms with Gasteiger partial charge in [0.25, 0.3) is 0 Å². The molecule has 1 heterocycles. The Morgan fingerprint density at radius 1 is 1.15 bits per heavy atom. The summed E-state index contributed by atoms with van der Waals surface area (Å²) in [4.78, 5) is 28.0. The second-order valence-electron chi connectivity index (χ2n) is 6.69. The zero-order chi connectivity index (χ0) is 18.3. The molecule has 1 aromatic heterocycles. The molecule has 0 saturated heterocycles. The SMILES string of the molecule is CC(OC(=O)C1CC1c1ccc(F)cc1)C(=O)c1c[nH]c2ccccc12. The molecular weight excluding hydrogens is 333 g/mol. The van der Waals surface area contributed by atoms with Gasteiger partial charge in [0.15, 0.2) is 6.10 Å². The van der Waals surface area contributed by atoms with E-state index in [9.17, 15) is 14.0 Å². The maximum atomic E-state index is 13.0. The van der Waals surface area contributed by atoms with Crippen LogP contribution in [-0.2, 0) is 9.53 Å². The van der Waals surface area contributed by atoms with Crippen molar-refractivity contribution in [3.8, 4) is 0 Å². The van der Waals surface area contributed by atoms with Crippen LogP contribution in [0.25, 0.3) is 10.9 Å². The van der Waals surface area contributed by atoms with Crippen molar-refractivity contribution in [2.24, 2.45) is 5.92 Å². The van der Waals surface area contributed by atoms with Gasteiger partial charge in [-0.05, 0) is 43.0 Å². The van der Waals surface area contributed by atoms with Gasteiger partial charge in [-0.2, -0.15) is 0 Å². The van der Waals surface area contributed by atoms with Gasteiger partial charge in [-0.1, -0.05) is 30.3 Å². The number of esters is 1. The average Bonchev–Trinajstić information content (AvgIpc) is 3.33. The number of carbonyl (C=O) groups is 2. The smallest absolute Gasteiger partial charge is 0.310 e. The number of Topliss-reactive ketones (excluding diaryl/α,β-unsaturated/α-hetero) is 1. The molecule has 5 heteroatoms. The van der Waals surface area contributed by atoms with Crippen LogP contribution in [0.3, 0.4) is 0 Å². The molecule has 0 bridgehead atoms. The minimum Gasteiger partial charge on any atom is -0.454 e. The van der Waals surface area contributed by atoms with Crippen molar-refractivity contribution < 1.29 is 18.7 Å². The molecular formula is C21H18FNO3. The van der Waals surface area contributed by atoms with Crippen LogP contribution in [0.4, 0.5) is 4.39 Å². The maximum absolute atomic E-state index is 13.0. The number of hydrogen-bond acceptors (Lipinski definition) is 3. The summed E-state index contributed by atoms with van der Waals surface area (Å²) in [6.45, 7) is 1.59. The van der Waals surface area contributed by atoms with E-state index in [1.165, 1.54) is 12.1 Å². The Hall–Kier alpha value is -2.95. The number of H-pyrrole nitrogens is 1. The number of rotatable bonds is 5. The first-order chi connectivity index (χ1) is 12.5. The van der Waals surface area contributed by atoms with Crippen molar-refractivity contribution in [3.63, 3.8) is 0 Å². The van der Waals surface area contributed by atoms with Crippen LogP contribution < -0.4 is 0 Å². The number of hydrogen-bond donors (Lipinski definition) is 1. The van der Waals surface area contributed by atoms with E-state index in [0.29, 0.717) is 12.0 Å². The van der Waals surface area contributed by atoms with Crippen LogP contribution >= 0.6 is 0 Å². The Balaban J connectivity index is 1.42. The number of aromatic amines is 1. The van der Waals surface area contributed by atoms with Gasteiger partial charge >= 0.3 is 5.97 Å². The first-order valence-electron chi connectivity index (χ1n) is 8.61. The Labute approximate surface area is 150 Å². The summed E-state index contributed by atoms with van der Waals surface area (Å²) in [6, 6.07) is 13.7. The predicted octanol–water partition coefficient (Wildman–Crippen LogP) is 4.23. The molecule has 1 fully saturated rings. The van der Waals surface area contributed by atoms with E-state index in [4.69, 9.17) is 4.74 Å². The van der Waals surface area contributed by atoms with E-state index in [1.54, 1.807) is 25.3 Å². The fourth-order valence-electron chi connectivity index (χ4n) is 3.34. The molecule has 0 aliphatic heterocycles. The third kappa shape index (κ3) is 3.01. The molecule has 4 nitrogen and oxygen atoms in total. The second kappa shape index (κ2) is 6.41. The molecule has 2 aromatic carbocycles. The molecule has 1 aliphatic rings. The monoisotopic (exact) mass is 351 g/mol. The summed E-state index contributed by atoms with van der Waals surface area (Å²) in [5.41, 5.74) is 2.31. The van der Waals surface area contributed by atoms with Gasteiger partial charge in [0, 0.05) is 22.7 Å². The Kier molecular flexibility index (Phi) is 4.07. The zero-order valence-corrected chi connectivity index (χ0v) is 14.2. The van der Waals surface area contributed by atoms with E-state index in [-0.39, 0.29) is 29.4 Å². The lowest BCUT2D eigenvalue weighted by molar-refractivity contribution is -0.148. The zero-order valence-electron chi connectivity index (χ0n) is 14.2. The van der Waals surface area contributed by atoms with Crippen LogP contribution in [0, 0.1) is 11.7 Å². The lowest BCUT2D eigenvalue weighted by atomic mass is 10.1. The van der Waals surface area contributed by atoms with Crippen LogP contribution in [-0.4, -0.2) is 22.8 Å². The summed E-state index contributed by atoms with van der Waals surface area (Å²) in [5.74, 6) is -1.13. The second-order valence-corrected chi connectivity index (χ2v) is 6.69. The Morgan fingerprint density at radius 2 is 1.88 bits per heavy atom. The third-order valence-corrected chi connectivity index (χ3v) is 4.91. The lowest BCUT2D eigenvalue weighted by Crippen LogP contribution is -2.25. The number of halogens is 1. The van der Waals surface area contributed by atoms with Gasteiger partial charge in [-0.15, -0.1) is 0 Å². The molecule has 1 N–H and O–H groups in total. The quantitative estimate of drug-likeness (QED) is 0.553. The highest BCUT2D eigenvalue weighted by Gasteiger charge is 2.46. The van der Waals surface area contributed by atoms with Gasteiger partial charge in [0.05, 0.1) is 5.92 Å². The third-order valence-electron chi connectivity index (χ3n) is 4.91.